The number of fused-ring (bicyclic) bond motifs is 2. The minimum Gasteiger partial charge on any atom is -0.505 e. The van der Waals surface area contributed by atoms with E-state index in [-0.39, 0.29) is 16.9 Å². The molecule has 0 aromatic heterocycles. The van der Waals surface area contributed by atoms with Crippen molar-refractivity contribution in [1.29, 1.82) is 0 Å². The van der Waals surface area contributed by atoms with Crippen LogP contribution in [0.3, 0.4) is 0 Å². The zero-order chi connectivity index (χ0) is 35.5. The molecule has 0 amide bonds. The van der Waals surface area contributed by atoms with E-state index in [0.717, 1.165) is 47.9 Å². The SMILES string of the molecule is Cc1cc2ccc(Nc3ccc(C(=O)O)cc3)cc2c(O)c1N=Nc1ccc(N=Nc2ccc(N3CCNCC3)c(C(=O)O)c2)c2ccccc12. The zero-order valence-corrected chi connectivity index (χ0v) is 27.5. The van der Waals surface area contributed by atoms with Crippen LogP contribution in [0.1, 0.15) is 26.3 Å². The predicted molar refractivity (Wildman–Crippen MR) is 198 cm³/mol. The maximum atomic E-state index is 12.1. The number of nitrogens with one attached hydrogen (secondary N) is 2. The van der Waals surface area contributed by atoms with E-state index in [9.17, 15) is 24.9 Å². The first-order chi connectivity index (χ1) is 24.7. The molecule has 0 aliphatic carbocycles. The highest BCUT2D eigenvalue weighted by Gasteiger charge is 2.19. The number of aromatic carboxylic acids is 2. The number of nitrogens with zero attached hydrogens (tertiary/aromatic N) is 5. The van der Waals surface area contributed by atoms with Gasteiger partial charge in [0.1, 0.15) is 5.69 Å². The Kier molecular flexibility index (Phi) is 9.06. The molecule has 12 nitrogen and oxygen atoms in total. The number of carbonyl (C=O) groups is 2. The Morgan fingerprint density at radius 2 is 1.37 bits per heavy atom. The van der Waals surface area contributed by atoms with Crippen molar-refractivity contribution in [2.75, 3.05) is 36.4 Å². The minimum atomic E-state index is -1.02. The number of aromatic hydroxyl groups is 1. The Labute approximate surface area is 292 Å². The molecule has 12 heteroatoms. The van der Waals surface area contributed by atoms with Crippen molar-refractivity contribution >= 4 is 73.3 Å². The molecule has 1 aliphatic rings. The molecule has 0 spiro atoms. The molecule has 6 aromatic rings. The van der Waals surface area contributed by atoms with Gasteiger partial charge in [-0.3, -0.25) is 0 Å². The second-order valence-corrected chi connectivity index (χ2v) is 12.1. The molecule has 5 N–H and O–H groups in total. The highest BCUT2D eigenvalue weighted by atomic mass is 16.4. The lowest BCUT2D eigenvalue weighted by Crippen LogP contribution is -2.44. The maximum absolute atomic E-state index is 12.1. The van der Waals surface area contributed by atoms with E-state index in [4.69, 9.17) is 0 Å². The van der Waals surface area contributed by atoms with Crippen molar-refractivity contribution in [3.05, 3.63) is 120 Å². The van der Waals surface area contributed by atoms with E-state index in [1.807, 2.05) is 55.5 Å². The standard InChI is InChI=1S/C39H33N7O5/c1-23-20-25-8-11-27(41-26-9-6-24(7-10-26)38(48)49)21-31(25)37(47)36(23)45-44-34-14-13-33(29-4-2-3-5-30(29)34)43-42-28-12-15-35(32(22-28)39(50)51)46-18-16-40-17-19-46/h2-15,20-22,40-41,47H,16-19H2,1H3,(H,48,49)(H,50,51). The van der Waals surface area contributed by atoms with Gasteiger partial charge in [0.05, 0.1) is 33.9 Å². The Morgan fingerprint density at radius 1 is 0.706 bits per heavy atom. The lowest BCUT2D eigenvalue weighted by Gasteiger charge is -2.30. The molecular formula is C39H33N7O5. The minimum absolute atomic E-state index is 0.0166. The number of rotatable bonds is 9. The number of aryl methyl sites for hydroxylation is 1. The van der Waals surface area contributed by atoms with Crippen LogP contribution < -0.4 is 15.5 Å². The molecule has 1 fully saturated rings. The third-order valence-corrected chi connectivity index (χ3v) is 8.78. The number of carboxylic acids is 2. The van der Waals surface area contributed by atoms with Gasteiger partial charge in [-0.25, -0.2) is 9.59 Å². The first kappa shape index (κ1) is 32.9. The molecule has 254 valence electrons. The smallest absolute Gasteiger partial charge is 0.337 e. The molecule has 0 unspecified atom stereocenters. The zero-order valence-electron chi connectivity index (χ0n) is 27.5. The van der Waals surface area contributed by atoms with Crippen LogP contribution in [0.2, 0.25) is 0 Å². The van der Waals surface area contributed by atoms with E-state index >= 15 is 0 Å². The summed E-state index contributed by atoms with van der Waals surface area (Å²) in [5.74, 6) is -2.03. The van der Waals surface area contributed by atoms with Crippen LogP contribution in [0.5, 0.6) is 5.75 Å². The fourth-order valence-corrected chi connectivity index (χ4v) is 6.17. The molecular weight excluding hydrogens is 646 g/mol. The number of phenols is 1. The summed E-state index contributed by atoms with van der Waals surface area (Å²) in [6.45, 7) is 4.89. The number of hydrogen-bond donors (Lipinski definition) is 5. The highest BCUT2D eigenvalue weighted by molar-refractivity contribution is 6.00. The molecule has 0 atom stereocenters. The Hall–Kier alpha value is -6.66. The van der Waals surface area contributed by atoms with Gasteiger partial charge >= 0.3 is 11.9 Å². The summed E-state index contributed by atoms with van der Waals surface area (Å²) >= 11 is 0. The number of anilines is 3. The quantitative estimate of drug-likeness (QED) is 0.0941. The molecule has 7 rings (SSSR count). The van der Waals surface area contributed by atoms with Gasteiger partial charge in [-0.2, -0.15) is 5.11 Å². The highest BCUT2D eigenvalue weighted by Crippen LogP contribution is 2.41. The van der Waals surface area contributed by atoms with Crippen molar-refractivity contribution in [2.24, 2.45) is 20.5 Å². The molecule has 51 heavy (non-hydrogen) atoms. The lowest BCUT2D eigenvalue weighted by molar-refractivity contribution is 0.0686. The maximum Gasteiger partial charge on any atom is 0.337 e. The van der Waals surface area contributed by atoms with Crippen LogP contribution in [0.25, 0.3) is 21.5 Å². The van der Waals surface area contributed by atoms with Crippen LogP contribution >= 0.6 is 0 Å². The van der Waals surface area contributed by atoms with Gasteiger partial charge in [0.15, 0.2) is 5.75 Å². The number of benzene rings is 6. The van der Waals surface area contributed by atoms with Gasteiger partial charge in [0.25, 0.3) is 0 Å². The monoisotopic (exact) mass is 679 g/mol. The number of hydrogen-bond acceptors (Lipinski definition) is 10. The molecule has 1 saturated heterocycles. The summed E-state index contributed by atoms with van der Waals surface area (Å²) in [6, 6.07) is 30.2. The summed E-state index contributed by atoms with van der Waals surface area (Å²) in [5.41, 5.74) is 5.09. The van der Waals surface area contributed by atoms with Crippen LogP contribution in [0.4, 0.5) is 39.8 Å². The summed E-state index contributed by atoms with van der Waals surface area (Å²) in [6.07, 6.45) is 0. The third kappa shape index (κ3) is 6.94. The Morgan fingerprint density at radius 3 is 2.04 bits per heavy atom. The van der Waals surface area contributed by atoms with E-state index in [2.05, 4.69) is 36.0 Å². The fraction of sp³-hybridized carbons (Fsp3) is 0.128. The molecule has 0 radical (unpaired) electrons. The largest absolute Gasteiger partial charge is 0.505 e. The van der Waals surface area contributed by atoms with Gasteiger partial charge in [-0.05, 0) is 90.7 Å². The topological polar surface area (TPSA) is 172 Å². The van der Waals surface area contributed by atoms with Gasteiger partial charge in [-0.1, -0.05) is 30.3 Å². The Bertz CT molecular complexity index is 2370. The van der Waals surface area contributed by atoms with Crippen molar-refractivity contribution < 1.29 is 24.9 Å². The second-order valence-electron chi connectivity index (χ2n) is 12.1. The third-order valence-electron chi connectivity index (χ3n) is 8.78. The van der Waals surface area contributed by atoms with Crippen molar-refractivity contribution in [3.63, 3.8) is 0 Å². The molecule has 1 heterocycles. The van der Waals surface area contributed by atoms with Crippen LogP contribution in [-0.4, -0.2) is 53.4 Å². The van der Waals surface area contributed by atoms with Gasteiger partial charge in [-0.15, -0.1) is 15.3 Å². The van der Waals surface area contributed by atoms with Gasteiger partial charge in [0, 0.05) is 53.7 Å². The first-order valence-electron chi connectivity index (χ1n) is 16.3. The van der Waals surface area contributed by atoms with Gasteiger partial charge < -0.3 is 30.9 Å². The van der Waals surface area contributed by atoms with Crippen LogP contribution in [0.15, 0.2) is 124 Å². The number of azo groups is 2. The number of phenolic OH excluding ortho intramolecular Hbond substituents is 1. The average molecular weight is 680 g/mol. The van der Waals surface area contributed by atoms with Crippen molar-refractivity contribution in [1.82, 2.24) is 5.32 Å². The summed E-state index contributed by atoms with van der Waals surface area (Å²) in [4.78, 5) is 25.4. The average Bonchev–Trinajstić information content (AvgIpc) is 3.15. The fourth-order valence-electron chi connectivity index (χ4n) is 6.17. The molecule has 0 saturated carbocycles. The van der Waals surface area contributed by atoms with E-state index in [0.29, 0.717) is 45.2 Å². The van der Waals surface area contributed by atoms with Crippen molar-refractivity contribution in [2.45, 2.75) is 6.92 Å². The number of carboxylic acid groups (broad SMARTS) is 2. The van der Waals surface area contributed by atoms with Crippen molar-refractivity contribution in [3.8, 4) is 5.75 Å². The molecule has 1 aliphatic heterocycles. The van der Waals surface area contributed by atoms with Crippen LogP contribution in [0, 0.1) is 6.92 Å². The second kappa shape index (κ2) is 14.1. The lowest BCUT2D eigenvalue weighted by atomic mass is 10.0. The molecule has 6 aromatic carbocycles. The van der Waals surface area contributed by atoms with E-state index in [1.165, 1.54) is 12.1 Å². The van der Waals surface area contributed by atoms with Gasteiger partial charge in [0.2, 0.25) is 0 Å². The van der Waals surface area contributed by atoms with Crippen LogP contribution in [-0.2, 0) is 0 Å². The van der Waals surface area contributed by atoms with E-state index in [1.54, 1.807) is 42.5 Å². The van der Waals surface area contributed by atoms with E-state index < -0.39 is 11.9 Å². The summed E-state index contributed by atoms with van der Waals surface area (Å²) < 4.78 is 0. The number of piperazine rings is 1. The summed E-state index contributed by atoms with van der Waals surface area (Å²) in [7, 11) is 0. The normalized spacial score (nSPS) is 13.4. The first-order valence-corrected chi connectivity index (χ1v) is 16.3. The predicted octanol–water partition coefficient (Wildman–Crippen LogP) is 9.39. The Balaban J connectivity index is 1.16. The molecule has 0 bridgehead atoms. The summed E-state index contributed by atoms with van der Waals surface area (Å²) in [5, 5.41) is 57.8.